The molecule has 0 aromatic heterocycles. The highest BCUT2D eigenvalue weighted by atomic mass is 35.5. The van der Waals surface area contributed by atoms with Crippen LogP contribution < -0.4 is 5.32 Å². The molecule has 1 aliphatic rings. The molecule has 2 rings (SSSR count). The second-order valence-corrected chi connectivity index (χ2v) is 6.09. The first-order chi connectivity index (χ1) is 9.10. The molecule has 0 radical (unpaired) electrons. The summed E-state index contributed by atoms with van der Waals surface area (Å²) in [6.45, 7) is 7.37. The highest BCUT2D eigenvalue weighted by Gasteiger charge is 2.28. The smallest absolute Gasteiger partial charge is 0.0599 e. The van der Waals surface area contributed by atoms with E-state index in [-0.39, 0.29) is 12.6 Å². The van der Waals surface area contributed by atoms with E-state index in [2.05, 4.69) is 36.2 Å². The standard InChI is InChI=1S/C15H23ClN2O/c1-11(2)15-9-18(14(10-19)7-17-15)8-12-3-5-13(16)6-4-12/h3-6,11,14-15,17,19H,7-10H2,1-2H3. The number of benzene rings is 1. The van der Waals surface area contributed by atoms with Gasteiger partial charge in [-0.1, -0.05) is 37.6 Å². The van der Waals surface area contributed by atoms with E-state index in [4.69, 9.17) is 11.6 Å². The van der Waals surface area contributed by atoms with Crippen molar-refractivity contribution >= 4 is 11.6 Å². The molecule has 4 heteroatoms. The van der Waals surface area contributed by atoms with Crippen LogP contribution in [0.3, 0.4) is 0 Å². The Hall–Kier alpha value is -0.610. The number of piperazine rings is 1. The van der Waals surface area contributed by atoms with Crippen molar-refractivity contribution in [2.45, 2.75) is 32.5 Å². The molecule has 3 nitrogen and oxygen atoms in total. The Morgan fingerprint density at radius 1 is 1.37 bits per heavy atom. The number of aliphatic hydroxyl groups is 1. The molecule has 1 heterocycles. The van der Waals surface area contributed by atoms with E-state index in [9.17, 15) is 5.11 Å². The first kappa shape index (κ1) is 14.8. The van der Waals surface area contributed by atoms with Gasteiger partial charge in [-0.15, -0.1) is 0 Å². The van der Waals surface area contributed by atoms with Crippen molar-refractivity contribution in [1.82, 2.24) is 10.2 Å². The van der Waals surface area contributed by atoms with Gasteiger partial charge in [0.25, 0.3) is 0 Å². The average molecular weight is 283 g/mol. The van der Waals surface area contributed by atoms with Gasteiger partial charge in [-0.2, -0.15) is 0 Å². The number of nitrogens with one attached hydrogen (secondary N) is 1. The molecular formula is C15H23ClN2O. The Morgan fingerprint density at radius 3 is 2.63 bits per heavy atom. The number of halogens is 1. The monoisotopic (exact) mass is 282 g/mol. The second kappa shape index (κ2) is 6.71. The third kappa shape index (κ3) is 3.93. The molecule has 106 valence electrons. The van der Waals surface area contributed by atoms with Gasteiger partial charge in [-0.25, -0.2) is 0 Å². The number of hydrogen-bond acceptors (Lipinski definition) is 3. The lowest BCUT2D eigenvalue weighted by molar-refractivity contribution is 0.0645. The largest absolute Gasteiger partial charge is 0.395 e. The molecule has 0 spiro atoms. The molecule has 0 amide bonds. The number of nitrogens with zero attached hydrogens (tertiary/aromatic N) is 1. The van der Waals surface area contributed by atoms with E-state index < -0.39 is 0 Å². The molecule has 2 N–H and O–H groups in total. The summed E-state index contributed by atoms with van der Waals surface area (Å²) in [5, 5.41) is 13.8. The van der Waals surface area contributed by atoms with Crippen molar-refractivity contribution in [1.29, 1.82) is 0 Å². The number of rotatable bonds is 4. The molecule has 19 heavy (non-hydrogen) atoms. The normalized spacial score (nSPS) is 24.9. The minimum absolute atomic E-state index is 0.200. The summed E-state index contributed by atoms with van der Waals surface area (Å²) in [4.78, 5) is 2.37. The number of hydrogen-bond donors (Lipinski definition) is 2. The zero-order chi connectivity index (χ0) is 13.8. The predicted octanol–water partition coefficient (Wildman–Crippen LogP) is 2.13. The average Bonchev–Trinajstić information content (AvgIpc) is 2.41. The van der Waals surface area contributed by atoms with E-state index in [0.29, 0.717) is 12.0 Å². The Balaban J connectivity index is 2.03. The lowest BCUT2D eigenvalue weighted by Crippen LogP contribution is -2.58. The van der Waals surface area contributed by atoms with Gasteiger partial charge in [-0.05, 0) is 23.6 Å². The van der Waals surface area contributed by atoms with E-state index in [0.717, 1.165) is 24.7 Å². The van der Waals surface area contributed by atoms with Crippen molar-refractivity contribution < 1.29 is 5.11 Å². The van der Waals surface area contributed by atoms with Gasteiger partial charge in [0.1, 0.15) is 0 Å². The summed E-state index contributed by atoms with van der Waals surface area (Å²) in [5.41, 5.74) is 1.24. The number of aliphatic hydroxyl groups excluding tert-OH is 1. The maximum Gasteiger partial charge on any atom is 0.0599 e. The highest BCUT2D eigenvalue weighted by molar-refractivity contribution is 6.30. The summed E-state index contributed by atoms with van der Waals surface area (Å²) >= 11 is 5.91. The van der Waals surface area contributed by atoms with Crippen molar-refractivity contribution in [3.63, 3.8) is 0 Å². The molecule has 0 bridgehead atoms. The van der Waals surface area contributed by atoms with Gasteiger partial charge in [0.15, 0.2) is 0 Å². The molecule has 0 saturated carbocycles. The van der Waals surface area contributed by atoms with E-state index >= 15 is 0 Å². The lowest BCUT2D eigenvalue weighted by Gasteiger charge is -2.41. The minimum Gasteiger partial charge on any atom is -0.395 e. The molecule has 2 atom stereocenters. The molecule has 1 saturated heterocycles. The van der Waals surface area contributed by atoms with Crippen LogP contribution in [-0.2, 0) is 6.54 Å². The molecule has 1 fully saturated rings. The Labute approximate surface area is 120 Å². The van der Waals surface area contributed by atoms with Crippen LogP contribution in [0.5, 0.6) is 0 Å². The van der Waals surface area contributed by atoms with Crippen LogP contribution in [0, 0.1) is 5.92 Å². The Bertz CT molecular complexity index is 394. The quantitative estimate of drug-likeness (QED) is 0.888. The fourth-order valence-corrected chi connectivity index (χ4v) is 2.65. The van der Waals surface area contributed by atoms with Crippen molar-refractivity contribution in [3.8, 4) is 0 Å². The van der Waals surface area contributed by atoms with E-state index in [1.165, 1.54) is 5.56 Å². The molecule has 1 aromatic rings. The van der Waals surface area contributed by atoms with Crippen LogP contribution >= 0.6 is 11.6 Å². The molecule has 1 aliphatic heterocycles. The fraction of sp³-hybridized carbons (Fsp3) is 0.600. The van der Waals surface area contributed by atoms with Crippen LogP contribution in [-0.4, -0.2) is 41.8 Å². The second-order valence-electron chi connectivity index (χ2n) is 5.65. The summed E-state index contributed by atoms with van der Waals surface area (Å²) < 4.78 is 0. The highest BCUT2D eigenvalue weighted by Crippen LogP contribution is 2.17. The van der Waals surface area contributed by atoms with Gasteiger partial charge >= 0.3 is 0 Å². The summed E-state index contributed by atoms with van der Waals surface area (Å²) in [5.74, 6) is 0.604. The molecule has 1 aromatic carbocycles. The zero-order valence-corrected chi connectivity index (χ0v) is 12.4. The van der Waals surface area contributed by atoms with Crippen LogP contribution in [0.25, 0.3) is 0 Å². The maximum atomic E-state index is 9.51. The van der Waals surface area contributed by atoms with Crippen molar-refractivity contribution in [3.05, 3.63) is 34.9 Å². The SMILES string of the molecule is CC(C)C1CN(Cc2ccc(Cl)cc2)C(CO)CN1. The molecule has 2 unspecified atom stereocenters. The van der Waals surface area contributed by atoms with Crippen LogP contribution in [0.2, 0.25) is 5.02 Å². The fourth-order valence-electron chi connectivity index (χ4n) is 2.53. The zero-order valence-electron chi connectivity index (χ0n) is 11.6. The maximum absolute atomic E-state index is 9.51. The minimum atomic E-state index is 0.200. The van der Waals surface area contributed by atoms with Crippen LogP contribution in [0.1, 0.15) is 19.4 Å². The third-order valence-electron chi connectivity index (χ3n) is 3.88. The van der Waals surface area contributed by atoms with E-state index in [1.54, 1.807) is 0 Å². The first-order valence-corrected chi connectivity index (χ1v) is 7.30. The van der Waals surface area contributed by atoms with Gasteiger partial charge in [0, 0.05) is 36.7 Å². The van der Waals surface area contributed by atoms with Crippen molar-refractivity contribution in [2.24, 2.45) is 5.92 Å². The Kier molecular flexibility index (Phi) is 5.22. The summed E-state index contributed by atoms with van der Waals surface area (Å²) in [6, 6.07) is 8.66. The van der Waals surface area contributed by atoms with Crippen molar-refractivity contribution in [2.75, 3.05) is 19.7 Å². The van der Waals surface area contributed by atoms with Crippen LogP contribution in [0.15, 0.2) is 24.3 Å². The molecular weight excluding hydrogens is 260 g/mol. The lowest BCUT2D eigenvalue weighted by atomic mass is 9.99. The van der Waals surface area contributed by atoms with E-state index in [1.807, 2.05) is 12.1 Å². The Morgan fingerprint density at radius 2 is 2.05 bits per heavy atom. The van der Waals surface area contributed by atoms with Gasteiger partial charge in [-0.3, -0.25) is 4.90 Å². The predicted molar refractivity (Wildman–Crippen MR) is 79.4 cm³/mol. The summed E-state index contributed by atoms with van der Waals surface area (Å²) in [6.07, 6.45) is 0. The van der Waals surface area contributed by atoms with Gasteiger partial charge in [0.2, 0.25) is 0 Å². The third-order valence-corrected chi connectivity index (χ3v) is 4.13. The summed E-state index contributed by atoms with van der Waals surface area (Å²) in [7, 11) is 0. The topological polar surface area (TPSA) is 35.5 Å². The first-order valence-electron chi connectivity index (χ1n) is 6.93. The van der Waals surface area contributed by atoms with Gasteiger partial charge in [0.05, 0.1) is 6.61 Å². The van der Waals surface area contributed by atoms with Crippen LogP contribution in [0.4, 0.5) is 0 Å². The van der Waals surface area contributed by atoms with Gasteiger partial charge < -0.3 is 10.4 Å². The molecule has 0 aliphatic carbocycles.